The number of nitrogens with zero attached hydrogens (tertiary/aromatic N) is 2. The highest BCUT2D eigenvalue weighted by molar-refractivity contribution is 5.84. The smallest absolute Gasteiger partial charge is 0.161 e. The van der Waals surface area contributed by atoms with E-state index in [0.29, 0.717) is 11.6 Å². The molecule has 0 unspecified atom stereocenters. The van der Waals surface area contributed by atoms with Gasteiger partial charge in [0.25, 0.3) is 0 Å². The van der Waals surface area contributed by atoms with Crippen molar-refractivity contribution in [2.75, 3.05) is 12.5 Å². The van der Waals surface area contributed by atoms with Crippen molar-refractivity contribution in [2.24, 2.45) is 5.10 Å². The van der Waals surface area contributed by atoms with E-state index in [0.717, 1.165) is 22.0 Å². The average Bonchev–Trinajstić information content (AvgIpc) is 2.56. The van der Waals surface area contributed by atoms with Gasteiger partial charge in [0.2, 0.25) is 0 Å². The maximum absolute atomic E-state index is 9.57. The molecule has 0 saturated heterocycles. The molecule has 1 heterocycles. The summed E-state index contributed by atoms with van der Waals surface area (Å²) in [7, 11) is 1.51. The number of pyridine rings is 1. The molecule has 0 aliphatic carbocycles. The molecule has 1 aromatic heterocycles. The second-order valence-corrected chi connectivity index (χ2v) is 5.14. The molecule has 0 aliphatic rings. The lowest BCUT2D eigenvalue weighted by molar-refractivity contribution is 0.373. The topological polar surface area (TPSA) is 66.7 Å². The Kier molecular flexibility index (Phi) is 4.10. The number of aromatic nitrogens is 1. The van der Waals surface area contributed by atoms with Crippen LogP contribution in [0.3, 0.4) is 0 Å². The van der Waals surface area contributed by atoms with Crippen molar-refractivity contribution in [3.05, 3.63) is 59.7 Å². The quantitative estimate of drug-likeness (QED) is 0.569. The van der Waals surface area contributed by atoms with E-state index in [-0.39, 0.29) is 5.75 Å². The molecule has 0 atom stereocenters. The molecule has 0 fully saturated rings. The van der Waals surface area contributed by atoms with Gasteiger partial charge in [0.15, 0.2) is 11.5 Å². The average molecular weight is 307 g/mol. The summed E-state index contributed by atoms with van der Waals surface area (Å²) in [6, 6.07) is 15.0. The Morgan fingerprint density at radius 2 is 2.00 bits per heavy atom. The molecular weight excluding hydrogens is 290 g/mol. The molecule has 0 amide bonds. The van der Waals surface area contributed by atoms with Gasteiger partial charge in [0.1, 0.15) is 5.82 Å². The van der Waals surface area contributed by atoms with Gasteiger partial charge in [0, 0.05) is 5.39 Å². The van der Waals surface area contributed by atoms with Crippen LogP contribution >= 0.6 is 0 Å². The summed E-state index contributed by atoms with van der Waals surface area (Å²) in [5.41, 5.74) is 5.81. The van der Waals surface area contributed by atoms with Crippen molar-refractivity contribution in [3.8, 4) is 11.5 Å². The Hall–Kier alpha value is -3.08. The Labute approximate surface area is 134 Å². The van der Waals surface area contributed by atoms with Crippen molar-refractivity contribution < 1.29 is 9.84 Å². The molecule has 0 spiro atoms. The Morgan fingerprint density at radius 1 is 1.17 bits per heavy atom. The normalized spacial score (nSPS) is 11.0. The molecule has 5 nitrogen and oxygen atoms in total. The van der Waals surface area contributed by atoms with Crippen molar-refractivity contribution >= 4 is 22.9 Å². The molecule has 0 saturated carbocycles. The number of aryl methyl sites for hydroxylation is 1. The van der Waals surface area contributed by atoms with Crippen LogP contribution in [-0.4, -0.2) is 23.4 Å². The molecule has 2 aromatic carbocycles. The minimum absolute atomic E-state index is 0.101. The molecule has 116 valence electrons. The SMILES string of the molecule is COc1cc(C=NNc2cc(C)c3ccccc3n2)ccc1O. The van der Waals surface area contributed by atoms with Crippen molar-refractivity contribution in [3.63, 3.8) is 0 Å². The van der Waals surface area contributed by atoms with E-state index in [1.807, 2.05) is 37.3 Å². The number of hydrogen-bond acceptors (Lipinski definition) is 5. The highest BCUT2D eigenvalue weighted by Crippen LogP contribution is 2.25. The summed E-state index contributed by atoms with van der Waals surface area (Å²) >= 11 is 0. The highest BCUT2D eigenvalue weighted by Gasteiger charge is 2.02. The number of anilines is 1. The molecule has 3 aromatic rings. The third-order valence-electron chi connectivity index (χ3n) is 3.52. The molecule has 23 heavy (non-hydrogen) atoms. The molecule has 0 aliphatic heterocycles. The number of fused-ring (bicyclic) bond motifs is 1. The number of aromatic hydroxyl groups is 1. The lowest BCUT2D eigenvalue weighted by Crippen LogP contribution is -1.95. The fourth-order valence-corrected chi connectivity index (χ4v) is 2.35. The van der Waals surface area contributed by atoms with Crippen LogP contribution in [0.1, 0.15) is 11.1 Å². The zero-order valence-electron chi connectivity index (χ0n) is 12.9. The highest BCUT2D eigenvalue weighted by atomic mass is 16.5. The first-order valence-corrected chi connectivity index (χ1v) is 7.20. The first-order valence-electron chi connectivity index (χ1n) is 7.20. The van der Waals surface area contributed by atoms with Crippen LogP contribution < -0.4 is 10.2 Å². The number of nitrogens with one attached hydrogen (secondary N) is 1. The number of rotatable bonds is 4. The van der Waals surface area contributed by atoms with Gasteiger partial charge in [-0.25, -0.2) is 4.98 Å². The Balaban J connectivity index is 1.80. The van der Waals surface area contributed by atoms with Crippen LogP contribution in [0.2, 0.25) is 0 Å². The number of hydrazone groups is 1. The minimum Gasteiger partial charge on any atom is -0.504 e. The second kappa shape index (κ2) is 6.36. The number of methoxy groups -OCH3 is 1. The van der Waals surface area contributed by atoms with Gasteiger partial charge < -0.3 is 9.84 Å². The van der Waals surface area contributed by atoms with Gasteiger partial charge in [-0.2, -0.15) is 5.10 Å². The zero-order chi connectivity index (χ0) is 16.2. The number of ether oxygens (including phenoxy) is 1. The lowest BCUT2D eigenvalue weighted by Gasteiger charge is -2.06. The van der Waals surface area contributed by atoms with Gasteiger partial charge in [-0.15, -0.1) is 0 Å². The monoisotopic (exact) mass is 307 g/mol. The summed E-state index contributed by atoms with van der Waals surface area (Å²) in [5.74, 6) is 1.20. The number of hydrogen-bond donors (Lipinski definition) is 2. The molecule has 0 bridgehead atoms. The predicted molar refractivity (Wildman–Crippen MR) is 92.4 cm³/mol. The maximum atomic E-state index is 9.57. The predicted octanol–water partition coefficient (Wildman–Crippen LogP) is 3.70. The van der Waals surface area contributed by atoms with E-state index in [4.69, 9.17) is 4.74 Å². The molecule has 0 radical (unpaired) electrons. The third-order valence-corrected chi connectivity index (χ3v) is 3.52. The van der Waals surface area contributed by atoms with Crippen LogP contribution in [-0.2, 0) is 0 Å². The standard InChI is InChI=1S/C18H17N3O2/c1-12-9-18(20-15-6-4-3-5-14(12)15)21-19-11-13-7-8-16(22)17(10-13)23-2/h3-11,22H,1-2H3,(H,20,21). The van der Waals surface area contributed by atoms with E-state index < -0.39 is 0 Å². The number of phenolic OH excluding ortho intramolecular Hbond substituents is 1. The van der Waals surface area contributed by atoms with Gasteiger partial charge in [-0.1, -0.05) is 18.2 Å². The second-order valence-electron chi connectivity index (χ2n) is 5.14. The molecule has 5 heteroatoms. The summed E-state index contributed by atoms with van der Waals surface area (Å²) < 4.78 is 5.07. The lowest BCUT2D eigenvalue weighted by atomic mass is 10.1. The van der Waals surface area contributed by atoms with Crippen LogP contribution in [0.15, 0.2) is 53.6 Å². The third kappa shape index (κ3) is 3.23. The van der Waals surface area contributed by atoms with Crippen LogP contribution in [0.25, 0.3) is 10.9 Å². The van der Waals surface area contributed by atoms with E-state index in [1.165, 1.54) is 7.11 Å². The summed E-state index contributed by atoms with van der Waals surface area (Å²) in [6.07, 6.45) is 1.65. The van der Waals surface area contributed by atoms with Gasteiger partial charge in [-0.3, -0.25) is 5.43 Å². The first kappa shape index (κ1) is 14.8. The van der Waals surface area contributed by atoms with Gasteiger partial charge in [0.05, 0.1) is 18.8 Å². The summed E-state index contributed by atoms with van der Waals surface area (Å²) in [5, 5.41) is 14.9. The number of phenols is 1. The van der Waals surface area contributed by atoms with Crippen LogP contribution in [0.5, 0.6) is 11.5 Å². The largest absolute Gasteiger partial charge is 0.504 e. The fourth-order valence-electron chi connectivity index (χ4n) is 2.35. The van der Waals surface area contributed by atoms with Crippen molar-refractivity contribution in [1.29, 1.82) is 0 Å². The van der Waals surface area contributed by atoms with E-state index in [2.05, 4.69) is 15.5 Å². The van der Waals surface area contributed by atoms with Crippen LogP contribution in [0.4, 0.5) is 5.82 Å². The zero-order valence-corrected chi connectivity index (χ0v) is 12.9. The first-order chi connectivity index (χ1) is 11.2. The molecule has 2 N–H and O–H groups in total. The van der Waals surface area contributed by atoms with E-state index in [1.54, 1.807) is 24.4 Å². The summed E-state index contributed by atoms with van der Waals surface area (Å²) in [4.78, 5) is 4.53. The molecular formula is C18H17N3O2. The number of benzene rings is 2. The maximum Gasteiger partial charge on any atom is 0.161 e. The minimum atomic E-state index is 0.101. The van der Waals surface area contributed by atoms with E-state index >= 15 is 0 Å². The van der Waals surface area contributed by atoms with E-state index in [9.17, 15) is 5.11 Å². The Bertz CT molecular complexity index is 875. The van der Waals surface area contributed by atoms with Crippen LogP contribution in [0, 0.1) is 6.92 Å². The fraction of sp³-hybridized carbons (Fsp3) is 0.111. The van der Waals surface area contributed by atoms with Gasteiger partial charge in [-0.05, 0) is 48.4 Å². The molecule has 3 rings (SSSR count). The summed E-state index contributed by atoms with van der Waals surface area (Å²) in [6.45, 7) is 2.05. The van der Waals surface area contributed by atoms with Gasteiger partial charge >= 0.3 is 0 Å². The Morgan fingerprint density at radius 3 is 2.83 bits per heavy atom. The number of para-hydroxylation sites is 1. The van der Waals surface area contributed by atoms with Crippen molar-refractivity contribution in [2.45, 2.75) is 6.92 Å². The van der Waals surface area contributed by atoms with Crippen molar-refractivity contribution in [1.82, 2.24) is 4.98 Å².